The van der Waals surface area contributed by atoms with Gasteiger partial charge in [0.05, 0.1) is 54.3 Å². The number of nitrogens with one attached hydrogen (secondary N) is 4. The van der Waals surface area contributed by atoms with Crippen molar-refractivity contribution in [2.24, 2.45) is 0 Å². The molecule has 0 aliphatic heterocycles. The zero-order chi connectivity index (χ0) is 42.8. The molecule has 0 aromatic rings. The molecule has 0 saturated heterocycles. The van der Waals surface area contributed by atoms with Crippen LogP contribution in [0.25, 0.3) is 0 Å². The van der Waals surface area contributed by atoms with Crippen molar-refractivity contribution in [2.45, 2.75) is 77.5 Å². The van der Waals surface area contributed by atoms with E-state index in [0.29, 0.717) is 0 Å². The molecule has 0 spiro atoms. The molecule has 0 aliphatic carbocycles. The monoisotopic (exact) mass is 905 g/mol. The maximum Gasteiger partial charge on any atom is 1.00 e. The Labute approximate surface area is 390 Å². The summed E-state index contributed by atoms with van der Waals surface area (Å²) in [5.41, 5.74) is -4.13. The van der Waals surface area contributed by atoms with Gasteiger partial charge in [0.25, 0.3) is 20.2 Å². The van der Waals surface area contributed by atoms with Crippen LogP contribution in [-0.2, 0) is 59.7 Å². The van der Waals surface area contributed by atoms with E-state index in [1.54, 1.807) is 0 Å². The molecule has 0 radical (unpaired) electrons. The first-order valence-electron chi connectivity index (χ1n) is 14.2. The van der Waals surface area contributed by atoms with Gasteiger partial charge in [-0.05, 0) is 79.7 Å². The van der Waals surface area contributed by atoms with Gasteiger partial charge in [0.1, 0.15) is 0 Å². The quantitative estimate of drug-likeness (QED) is 0.0430. The molecule has 0 rings (SSSR count). The van der Waals surface area contributed by atoms with Gasteiger partial charge in [-0.25, -0.2) is 16.8 Å². The van der Waals surface area contributed by atoms with Crippen molar-refractivity contribution in [2.75, 3.05) is 23.0 Å². The van der Waals surface area contributed by atoms with Gasteiger partial charge in [0.15, 0.2) is 0 Å². The first kappa shape index (κ1) is 68.7. The summed E-state index contributed by atoms with van der Waals surface area (Å²) in [5, 5.41) is 9.39. The molecule has 0 unspecified atom stereocenters. The van der Waals surface area contributed by atoms with Crippen LogP contribution >= 0.6 is 0 Å². The third kappa shape index (κ3) is 53.1. The largest absolute Gasteiger partial charge is 1.00 e. The number of hydrogen-bond acceptors (Lipinski definition) is 15. The second kappa shape index (κ2) is 28.5. The molecule has 0 saturated carbocycles. The molecule has 0 heterocycles. The van der Waals surface area contributed by atoms with Gasteiger partial charge in [-0.3, -0.25) is 28.3 Å². The van der Waals surface area contributed by atoms with Crippen LogP contribution in [0.2, 0.25) is 0 Å². The molecule has 4 amide bonds. The van der Waals surface area contributed by atoms with E-state index < -0.39 is 109 Å². The fourth-order valence-electron chi connectivity index (χ4n) is 3.48. The van der Waals surface area contributed by atoms with Crippen molar-refractivity contribution in [1.82, 2.24) is 27.4 Å². The van der Waals surface area contributed by atoms with Crippen molar-refractivity contribution < 1.29 is 152 Å². The maximum absolute atomic E-state index is 10.8. The summed E-state index contributed by atoms with van der Waals surface area (Å²) in [6, 6.07) is 0. The first-order valence-corrected chi connectivity index (χ1v) is 20.6. The average molecular weight is 906 g/mol. The maximum atomic E-state index is 10.8. The minimum absolute atomic E-state index is 0. The molecule has 0 fully saturated rings. The summed E-state index contributed by atoms with van der Waals surface area (Å²) in [6.45, 7) is 24.6. The third-order valence-corrected chi connectivity index (χ3v) is 9.07. The molecule has 21 nitrogen and oxygen atoms in total. The molecule has 27 heteroatoms. The second-order valence-electron chi connectivity index (χ2n) is 13.2. The Bertz CT molecular complexity index is 1490. The van der Waals surface area contributed by atoms with E-state index >= 15 is 0 Å². The van der Waals surface area contributed by atoms with E-state index in [1.807, 2.05) is 0 Å². The summed E-state index contributed by atoms with van der Waals surface area (Å²) in [7, 11) is -16.8. The summed E-state index contributed by atoms with van der Waals surface area (Å²) in [6.07, 6.45) is 4.09. The van der Waals surface area contributed by atoms with Crippen LogP contribution < -0.4 is 108 Å². The summed E-state index contributed by atoms with van der Waals surface area (Å²) in [4.78, 5) is 43.2. The van der Waals surface area contributed by atoms with Crippen LogP contribution in [-0.4, -0.2) is 121 Å². The van der Waals surface area contributed by atoms with E-state index in [4.69, 9.17) is 9.11 Å². The number of hydrogen-bond donors (Lipinski definition) is 7. The molecule has 9 N–H and O–H groups in total. The standard InChI is InChI=1S/4C7H13NO4S.K.H3N.Na/c4*1-4-6(9)8-7(2,3)5-13(10,11)12;;;/h4*4H,1,5H2,2-3H3,(H,8,9)(H,10,11,12);;1H3;/q;;;;+1;;+1/p-2. The van der Waals surface area contributed by atoms with Crippen molar-refractivity contribution in [3.63, 3.8) is 0 Å². The normalized spacial score (nSPS) is 11.6. The fourth-order valence-corrected chi connectivity index (χ4v) is 7.36. The topological polar surface area (TPSA) is 375 Å². The van der Waals surface area contributed by atoms with Crippen molar-refractivity contribution in [3.05, 3.63) is 50.6 Å². The van der Waals surface area contributed by atoms with Crippen LogP contribution in [0, 0.1) is 0 Å². The Morgan fingerprint density at radius 3 is 0.745 bits per heavy atom. The number of carbonyl (C=O) groups excluding carboxylic acids is 4. The summed E-state index contributed by atoms with van der Waals surface area (Å²) in [5.74, 6) is -4.30. The molecule has 0 aliphatic rings. The van der Waals surface area contributed by atoms with Gasteiger partial charge in [-0.2, -0.15) is 16.8 Å². The number of rotatable bonds is 16. The molecular formula is C28H53KN5NaO16S4. The van der Waals surface area contributed by atoms with Gasteiger partial charge in [0, 0.05) is 11.1 Å². The minimum Gasteiger partial charge on any atom is -0.748 e. The summed E-state index contributed by atoms with van der Waals surface area (Å²) >= 11 is 0. The van der Waals surface area contributed by atoms with E-state index in [-0.39, 0.29) is 87.1 Å². The Balaban J connectivity index is -0.000000110. The predicted molar refractivity (Wildman–Crippen MR) is 197 cm³/mol. The zero-order valence-electron chi connectivity index (χ0n) is 32.9. The molecule has 0 bridgehead atoms. The minimum atomic E-state index is -4.33. The average Bonchev–Trinajstić information content (AvgIpc) is 2.82. The molecule has 55 heavy (non-hydrogen) atoms. The van der Waals surface area contributed by atoms with Gasteiger partial charge in [-0.15, -0.1) is 0 Å². The van der Waals surface area contributed by atoms with E-state index in [0.717, 1.165) is 24.3 Å². The zero-order valence-corrected chi connectivity index (χ0v) is 41.3. The molecule has 0 aromatic carbocycles. The van der Waals surface area contributed by atoms with Gasteiger partial charge in [-0.1, -0.05) is 26.3 Å². The second-order valence-corrected chi connectivity index (χ2v) is 18.9. The van der Waals surface area contributed by atoms with Crippen LogP contribution in [0.4, 0.5) is 0 Å². The summed E-state index contributed by atoms with van der Waals surface area (Å²) < 4.78 is 121. The number of carbonyl (C=O) groups is 4. The van der Waals surface area contributed by atoms with Crippen LogP contribution in [0.15, 0.2) is 50.6 Å². The smallest absolute Gasteiger partial charge is 0.748 e. The Morgan fingerprint density at radius 1 is 0.491 bits per heavy atom. The predicted octanol–water partition coefficient (Wildman–Crippen LogP) is -6.70. The van der Waals surface area contributed by atoms with E-state index in [2.05, 4.69) is 47.6 Å². The van der Waals surface area contributed by atoms with Crippen molar-refractivity contribution >= 4 is 64.1 Å². The SMILES string of the molecule is C=CC(=O)NC(C)(C)CS(=O)(=O)O.C=CC(=O)NC(C)(C)CS(=O)(=O)O.C=CC(=O)NC(C)(C)CS(=O)(=O)[O-].C=CC(=O)NC(C)(C)CS(=O)(=O)[O-].N.[K+].[Na+]. The molecule has 312 valence electrons. The van der Waals surface area contributed by atoms with Crippen LogP contribution in [0.5, 0.6) is 0 Å². The third-order valence-electron chi connectivity index (χ3n) is 4.75. The van der Waals surface area contributed by atoms with Gasteiger partial charge < -0.3 is 36.5 Å². The van der Waals surface area contributed by atoms with E-state index in [9.17, 15) is 62.0 Å². The Hall–Kier alpha value is -0.924. The Kier molecular flexibility index (Phi) is 35.6. The van der Waals surface area contributed by atoms with Crippen LogP contribution in [0.3, 0.4) is 0 Å². The molecular weight excluding hydrogens is 853 g/mol. The molecule has 0 aromatic heterocycles. The fraction of sp³-hybridized carbons (Fsp3) is 0.571. The van der Waals surface area contributed by atoms with Gasteiger partial charge >= 0.3 is 80.9 Å². The first-order chi connectivity index (χ1) is 22.6. The molecule has 0 atom stereocenters. The van der Waals surface area contributed by atoms with Crippen molar-refractivity contribution in [3.8, 4) is 0 Å². The van der Waals surface area contributed by atoms with E-state index in [1.165, 1.54) is 55.4 Å². The van der Waals surface area contributed by atoms with Crippen LogP contribution in [0.1, 0.15) is 55.4 Å². The number of amides is 4. The van der Waals surface area contributed by atoms with Crippen molar-refractivity contribution in [1.29, 1.82) is 0 Å². The Morgan fingerprint density at radius 2 is 0.636 bits per heavy atom. The van der Waals surface area contributed by atoms with Gasteiger partial charge in [0.2, 0.25) is 23.6 Å².